The van der Waals surface area contributed by atoms with E-state index < -0.39 is 0 Å². The van der Waals surface area contributed by atoms with E-state index in [1.54, 1.807) is 0 Å². The Labute approximate surface area is 116 Å². The van der Waals surface area contributed by atoms with Gasteiger partial charge in [-0.1, -0.05) is 12.2 Å². The van der Waals surface area contributed by atoms with E-state index in [9.17, 15) is 0 Å². The molecule has 18 heavy (non-hydrogen) atoms. The first-order valence-corrected chi connectivity index (χ1v) is 7.15. The monoisotopic (exact) mass is 273 g/mol. The van der Waals surface area contributed by atoms with Gasteiger partial charge in [-0.2, -0.15) is 0 Å². The number of thiocarbonyl (C=S) groups is 1. The third-order valence-electron chi connectivity index (χ3n) is 3.64. The van der Waals surface area contributed by atoms with E-state index in [-0.39, 0.29) is 0 Å². The average molecular weight is 273 g/mol. The lowest BCUT2D eigenvalue weighted by Gasteiger charge is -2.38. The summed E-state index contributed by atoms with van der Waals surface area (Å²) in [7, 11) is 2.11. The summed E-state index contributed by atoms with van der Waals surface area (Å²) in [6.45, 7) is 10.5. The van der Waals surface area contributed by atoms with Crippen molar-refractivity contribution >= 4 is 17.2 Å². The third kappa shape index (κ3) is 5.18. The molecular weight excluding hydrogens is 246 g/mol. The molecule has 1 heterocycles. The first-order valence-electron chi connectivity index (χ1n) is 6.74. The Morgan fingerprint density at radius 3 is 2.72 bits per heavy atom. The van der Waals surface area contributed by atoms with Crippen LogP contribution in [0.2, 0.25) is 0 Å². The molecule has 5 heteroatoms. The van der Waals surface area contributed by atoms with E-state index in [1.165, 1.54) is 0 Å². The molecule has 4 nitrogen and oxygen atoms in total. The van der Waals surface area contributed by atoms with E-state index in [1.807, 2.05) is 0 Å². The van der Waals surface area contributed by atoms with Crippen LogP contribution in [0.5, 0.6) is 0 Å². The highest BCUT2D eigenvalue weighted by molar-refractivity contribution is 7.80. The Morgan fingerprint density at radius 2 is 2.17 bits per heavy atom. The minimum atomic E-state index is 0.292. The zero-order chi connectivity index (χ0) is 13.7. The van der Waals surface area contributed by atoms with E-state index in [2.05, 4.69) is 37.6 Å². The van der Waals surface area contributed by atoms with Crippen LogP contribution in [0.15, 0.2) is 0 Å². The summed E-state index contributed by atoms with van der Waals surface area (Å²) in [6, 6.07) is 0.969. The van der Waals surface area contributed by atoms with E-state index in [0.29, 0.717) is 23.2 Å². The summed E-state index contributed by atoms with van der Waals surface area (Å²) in [5.41, 5.74) is 5.59. The third-order valence-corrected chi connectivity index (χ3v) is 3.81. The van der Waals surface area contributed by atoms with E-state index in [4.69, 9.17) is 22.7 Å². The molecule has 0 radical (unpaired) electrons. The van der Waals surface area contributed by atoms with Crippen molar-refractivity contribution in [1.82, 2.24) is 9.80 Å². The molecule has 2 N–H and O–H groups in total. The zero-order valence-corrected chi connectivity index (χ0v) is 12.9. The second-order valence-electron chi connectivity index (χ2n) is 5.54. The fourth-order valence-corrected chi connectivity index (χ4v) is 2.51. The van der Waals surface area contributed by atoms with Gasteiger partial charge >= 0.3 is 0 Å². The topological polar surface area (TPSA) is 41.7 Å². The molecular formula is C13H27N3OS. The molecule has 0 bridgehead atoms. The summed E-state index contributed by atoms with van der Waals surface area (Å²) in [5, 5.41) is 0. The molecule has 1 rings (SSSR count). The SMILES string of the molecule is CC(CC(N)=S)N(C)CC1CN(C(C)C)CCO1. The van der Waals surface area contributed by atoms with E-state index in [0.717, 1.165) is 32.7 Å². The molecule has 106 valence electrons. The lowest BCUT2D eigenvalue weighted by molar-refractivity contribution is -0.0526. The van der Waals surface area contributed by atoms with Crippen LogP contribution in [-0.2, 0) is 4.74 Å². The van der Waals surface area contributed by atoms with Crippen LogP contribution in [0.4, 0.5) is 0 Å². The summed E-state index contributed by atoms with van der Waals surface area (Å²) in [4.78, 5) is 5.34. The fraction of sp³-hybridized carbons (Fsp3) is 0.923. The molecule has 1 fully saturated rings. The maximum atomic E-state index is 5.84. The molecule has 0 aromatic rings. The molecule has 2 unspecified atom stereocenters. The number of likely N-dealkylation sites (N-methyl/N-ethyl adjacent to an activating group) is 1. The number of hydrogen-bond donors (Lipinski definition) is 1. The van der Waals surface area contributed by atoms with Gasteiger partial charge in [0.2, 0.25) is 0 Å². The van der Waals surface area contributed by atoms with Crippen molar-refractivity contribution in [2.24, 2.45) is 5.73 Å². The zero-order valence-electron chi connectivity index (χ0n) is 12.1. The minimum Gasteiger partial charge on any atom is -0.393 e. The molecule has 0 aromatic carbocycles. The van der Waals surface area contributed by atoms with Gasteiger partial charge in [0.15, 0.2) is 0 Å². The summed E-state index contributed by atoms with van der Waals surface area (Å²) in [6.07, 6.45) is 1.06. The van der Waals surface area contributed by atoms with Gasteiger partial charge in [-0.05, 0) is 27.8 Å². The summed E-state index contributed by atoms with van der Waals surface area (Å²) >= 11 is 4.96. The number of morpholine rings is 1. The summed E-state index contributed by atoms with van der Waals surface area (Å²) < 4.78 is 5.84. The second-order valence-corrected chi connectivity index (χ2v) is 6.06. The Balaban J connectivity index is 2.39. The fourth-order valence-electron chi connectivity index (χ4n) is 2.27. The number of rotatable bonds is 6. The van der Waals surface area contributed by atoms with Crippen LogP contribution in [0.25, 0.3) is 0 Å². The van der Waals surface area contributed by atoms with Gasteiger partial charge in [-0.25, -0.2) is 0 Å². The first kappa shape index (κ1) is 15.8. The lowest BCUT2D eigenvalue weighted by Crippen LogP contribution is -2.50. The molecule has 2 atom stereocenters. The number of nitrogens with zero attached hydrogens (tertiary/aromatic N) is 2. The van der Waals surface area contributed by atoms with Crippen molar-refractivity contribution in [1.29, 1.82) is 0 Å². The average Bonchev–Trinajstić information content (AvgIpc) is 2.28. The molecule has 0 aromatic heterocycles. The maximum Gasteiger partial charge on any atom is 0.0829 e. The molecule has 0 spiro atoms. The van der Waals surface area contributed by atoms with E-state index >= 15 is 0 Å². The van der Waals surface area contributed by atoms with Gasteiger partial charge in [-0.3, -0.25) is 4.90 Å². The molecule has 1 saturated heterocycles. The number of hydrogen-bond acceptors (Lipinski definition) is 4. The van der Waals surface area contributed by atoms with Crippen molar-refractivity contribution < 1.29 is 4.74 Å². The van der Waals surface area contributed by atoms with Crippen LogP contribution < -0.4 is 5.73 Å². The summed E-state index contributed by atoms with van der Waals surface area (Å²) in [5.74, 6) is 0. The van der Waals surface area contributed by atoms with Gasteiger partial charge in [0, 0.05) is 38.1 Å². The van der Waals surface area contributed by atoms with Crippen LogP contribution in [-0.4, -0.2) is 66.3 Å². The quantitative estimate of drug-likeness (QED) is 0.734. The standard InChI is InChI=1S/C13H27N3OS/c1-10(2)16-5-6-17-12(9-16)8-15(4)11(3)7-13(14)18/h10-12H,5-9H2,1-4H3,(H2,14,18). The highest BCUT2D eigenvalue weighted by Gasteiger charge is 2.24. The predicted molar refractivity (Wildman–Crippen MR) is 79.9 cm³/mol. The highest BCUT2D eigenvalue weighted by Crippen LogP contribution is 2.11. The van der Waals surface area contributed by atoms with Gasteiger partial charge in [0.25, 0.3) is 0 Å². The van der Waals surface area contributed by atoms with Gasteiger partial charge in [0.1, 0.15) is 0 Å². The Bertz CT molecular complexity index is 273. The molecule has 1 aliphatic heterocycles. The predicted octanol–water partition coefficient (Wildman–Crippen LogP) is 1.09. The molecule has 0 aliphatic carbocycles. The van der Waals surface area contributed by atoms with Gasteiger partial charge < -0.3 is 15.4 Å². The molecule has 0 amide bonds. The Morgan fingerprint density at radius 1 is 1.50 bits per heavy atom. The Hall–Kier alpha value is -0.230. The highest BCUT2D eigenvalue weighted by atomic mass is 32.1. The van der Waals surface area contributed by atoms with Crippen molar-refractivity contribution in [2.45, 2.75) is 45.4 Å². The maximum absolute atomic E-state index is 5.84. The smallest absolute Gasteiger partial charge is 0.0829 e. The number of nitrogens with two attached hydrogens (primary N) is 1. The Kier molecular flexibility index (Phi) is 6.49. The second kappa shape index (κ2) is 7.38. The molecule has 1 aliphatic rings. The van der Waals surface area contributed by atoms with Crippen LogP contribution in [0, 0.1) is 0 Å². The van der Waals surface area contributed by atoms with Crippen molar-refractivity contribution in [3.63, 3.8) is 0 Å². The first-order chi connectivity index (χ1) is 8.40. The van der Waals surface area contributed by atoms with Crippen LogP contribution in [0.3, 0.4) is 0 Å². The largest absolute Gasteiger partial charge is 0.393 e. The van der Waals surface area contributed by atoms with Crippen LogP contribution >= 0.6 is 12.2 Å². The van der Waals surface area contributed by atoms with Crippen molar-refractivity contribution in [3.8, 4) is 0 Å². The van der Waals surface area contributed by atoms with Gasteiger partial charge in [-0.15, -0.1) is 0 Å². The molecule has 0 saturated carbocycles. The minimum absolute atomic E-state index is 0.292. The number of ether oxygens (including phenoxy) is 1. The lowest BCUT2D eigenvalue weighted by atomic mass is 10.1. The van der Waals surface area contributed by atoms with Crippen molar-refractivity contribution in [3.05, 3.63) is 0 Å². The van der Waals surface area contributed by atoms with Crippen molar-refractivity contribution in [2.75, 3.05) is 33.3 Å². The normalized spacial score (nSPS) is 23.6. The van der Waals surface area contributed by atoms with Gasteiger partial charge in [0.05, 0.1) is 17.7 Å². The van der Waals surface area contributed by atoms with Crippen LogP contribution in [0.1, 0.15) is 27.2 Å².